The molecule has 0 N–H and O–H groups in total. The first-order chi connectivity index (χ1) is 6.83. The maximum Gasteiger partial charge on any atom is 0.0351 e. The van der Waals surface area contributed by atoms with Gasteiger partial charge in [0.05, 0.1) is 0 Å². The molecule has 0 bridgehead atoms. The lowest BCUT2D eigenvalue weighted by Gasteiger charge is -2.10. The fourth-order valence-corrected chi connectivity index (χ4v) is 1.46. The third kappa shape index (κ3) is 4.45. The Morgan fingerprint density at radius 1 is 1.29 bits per heavy atom. The van der Waals surface area contributed by atoms with Gasteiger partial charge in [0, 0.05) is 19.0 Å². The van der Waals surface area contributed by atoms with Gasteiger partial charge in [-0.25, -0.2) is 0 Å². The van der Waals surface area contributed by atoms with Crippen LogP contribution in [0.4, 0.5) is 0 Å². The number of likely N-dealkylation sites (N-methyl/N-ethyl adjacent to an activating group) is 1. The van der Waals surface area contributed by atoms with Crippen molar-refractivity contribution in [3.63, 3.8) is 0 Å². The molecule has 0 fully saturated rings. The summed E-state index contributed by atoms with van der Waals surface area (Å²) in [5.74, 6) is 0.690. The summed E-state index contributed by atoms with van der Waals surface area (Å²) in [5.41, 5.74) is 1.24. The highest BCUT2D eigenvalue weighted by Gasteiger charge is 1.91. The topological polar surface area (TPSA) is 3.24 Å². The van der Waals surface area contributed by atoms with E-state index >= 15 is 0 Å². The van der Waals surface area contributed by atoms with Gasteiger partial charge in [-0.3, -0.25) is 0 Å². The molecule has 0 aromatic heterocycles. The van der Waals surface area contributed by atoms with Crippen molar-refractivity contribution in [1.82, 2.24) is 4.90 Å². The van der Waals surface area contributed by atoms with E-state index in [1.54, 1.807) is 0 Å². The second-order valence-electron chi connectivity index (χ2n) is 3.26. The molecule has 1 rings (SSSR count). The van der Waals surface area contributed by atoms with Crippen LogP contribution in [0.15, 0.2) is 36.4 Å². The molecule has 14 heavy (non-hydrogen) atoms. The van der Waals surface area contributed by atoms with Gasteiger partial charge >= 0.3 is 0 Å². The van der Waals surface area contributed by atoms with E-state index in [1.807, 2.05) is 18.2 Å². The van der Waals surface area contributed by atoms with Gasteiger partial charge in [-0.05, 0) is 12.6 Å². The Labute approximate surface area is 91.0 Å². The van der Waals surface area contributed by atoms with Crippen LogP contribution >= 0.6 is 11.6 Å². The van der Waals surface area contributed by atoms with Crippen molar-refractivity contribution in [1.29, 1.82) is 0 Å². The van der Waals surface area contributed by atoms with Crippen LogP contribution in [0.25, 0.3) is 6.08 Å². The summed E-state index contributed by atoms with van der Waals surface area (Å²) in [6.07, 6.45) is 4.28. The molecule has 0 aliphatic heterocycles. The van der Waals surface area contributed by atoms with Crippen LogP contribution in [0.1, 0.15) is 5.56 Å². The highest BCUT2D eigenvalue weighted by molar-refractivity contribution is 6.18. The average Bonchev–Trinajstić information content (AvgIpc) is 2.20. The molecule has 0 atom stereocenters. The first kappa shape index (κ1) is 11.3. The minimum atomic E-state index is 0.690. The van der Waals surface area contributed by atoms with Crippen LogP contribution in [-0.2, 0) is 0 Å². The molecule has 0 saturated carbocycles. The first-order valence-corrected chi connectivity index (χ1v) is 5.32. The zero-order valence-electron chi connectivity index (χ0n) is 8.49. The Morgan fingerprint density at radius 2 is 2.00 bits per heavy atom. The van der Waals surface area contributed by atoms with Crippen molar-refractivity contribution in [3.8, 4) is 0 Å². The van der Waals surface area contributed by atoms with Gasteiger partial charge in [0.25, 0.3) is 0 Å². The molecule has 0 heterocycles. The molecule has 1 nitrogen and oxygen atoms in total. The van der Waals surface area contributed by atoms with Gasteiger partial charge in [0.15, 0.2) is 0 Å². The second-order valence-corrected chi connectivity index (χ2v) is 3.64. The van der Waals surface area contributed by atoms with E-state index in [9.17, 15) is 0 Å². The summed E-state index contributed by atoms with van der Waals surface area (Å²) in [4.78, 5) is 2.19. The van der Waals surface area contributed by atoms with E-state index in [2.05, 4.69) is 36.2 Å². The van der Waals surface area contributed by atoms with Crippen molar-refractivity contribution in [3.05, 3.63) is 42.0 Å². The Bertz CT molecular complexity index is 269. The predicted molar refractivity (Wildman–Crippen MR) is 63.7 cm³/mol. The molecule has 1 aromatic carbocycles. The number of alkyl halides is 1. The van der Waals surface area contributed by atoms with Crippen LogP contribution in [0.2, 0.25) is 0 Å². The molecule has 0 spiro atoms. The molecular formula is C12H16ClN. The van der Waals surface area contributed by atoms with Gasteiger partial charge in [0.2, 0.25) is 0 Å². The number of rotatable bonds is 5. The summed E-state index contributed by atoms with van der Waals surface area (Å²) >= 11 is 5.63. The standard InChI is InChI=1S/C12H16ClN/c1-14(11-9-13)10-5-8-12-6-3-2-4-7-12/h2-8H,9-11H2,1H3/b8-5+. The lowest BCUT2D eigenvalue weighted by atomic mass is 10.2. The van der Waals surface area contributed by atoms with Crippen molar-refractivity contribution >= 4 is 17.7 Å². The third-order valence-electron chi connectivity index (χ3n) is 1.99. The molecule has 2 heteroatoms. The summed E-state index contributed by atoms with van der Waals surface area (Å²) < 4.78 is 0. The van der Waals surface area contributed by atoms with E-state index in [0.29, 0.717) is 5.88 Å². The molecule has 0 saturated heterocycles. The summed E-state index contributed by atoms with van der Waals surface area (Å²) in [7, 11) is 2.07. The molecule has 0 radical (unpaired) electrons. The lowest BCUT2D eigenvalue weighted by molar-refractivity contribution is 0.395. The largest absolute Gasteiger partial charge is 0.302 e. The number of nitrogens with zero attached hydrogens (tertiary/aromatic N) is 1. The maximum absolute atomic E-state index is 5.63. The van der Waals surface area contributed by atoms with E-state index in [-0.39, 0.29) is 0 Å². The van der Waals surface area contributed by atoms with Crippen LogP contribution in [0, 0.1) is 0 Å². The van der Waals surface area contributed by atoms with E-state index in [0.717, 1.165) is 13.1 Å². The Balaban J connectivity index is 2.34. The van der Waals surface area contributed by atoms with Gasteiger partial charge in [-0.1, -0.05) is 42.5 Å². The Morgan fingerprint density at radius 3 is 2.64 bits per heavy atom. The van der Waals surface area contributed by atoms with Crippen molar-refractivity contribution in [2.75, 3.05) is 26.0 Å². The van der Waals surface area contributed by atoms with E-state index in [4.69, 9.17) is 11.6 Å². The van der Waals surface area contributed by atoms with Crippen molar-refractivity contribution < 1.29 is 0 Å². The summed E-state index contributed by atoms with van der Waals surface area (Å²) in [6.45, 7) is 1.88. The predicted octanol–water partition coefficient (Wildman–Crippen LogP) is 2.87. The molecule has 0 unspecified atom stereocenters. The highest BCUT2D eigenvalue weighted by atomic mass is 35.5. The van der Waals surface area contributed by atoms with Gasteiger partial charge in [-0.2, -0.15) is 0 Å². The molecule has 0 aliphatic rings. The smallest absolute Gasteiger partial charge is 0.0351 e. The molecule has 0 aliphatic carbocycles. The number of benzene rings is 1. The van der Waals surface area contributed by atoms with Crippen LogP contribution < -0.4 is 0 Å². The van der Waals surface area contributed by atoms with Gasteiger partial charge < -0.3 is 4.90 Å². The summed E-state index contributed by atoms with van der Waals surface area (Å²) in [5, 5.41) is 0. The zero-order valence-corrected chi connectivity index (χ0v) is 9.24. The van der Waals surface area contributed by atoms with E-state index in [1.165, 1.54) is 5.56 Å². The third-order valence-corrected chi connectivity index (χ3v) is 2.16. The lowest BCUT2D eigenvalue weighted by Crippen LogP contribution is -2.20. The molecule has 76 valence electrons. The normalized spacial score (nSPS) is 11.4. The fourth-order valence-electron chi connectivity index (χ4n) is 1.17. The number of hydrogen-bond donors (Lipinski definition) is 0. The van der Waals surface area contributed by atoms with Crippen LogP contribution in [-0.4, -0.2) is 30.9 Å². The average molecular weight is 210 g/mol. The van der Waals surface area contributed by atoms with Gasteiger partial charge in [0.1, 0.15) is 0 Å². The molecular weight excluding hydrogens is 194 g/mol. The Hall–Kier alpha value is -0.790. The van der Waals surface area contributed by atoms with E-state index < -0.39 is 0 Å². The summed E-state index contributed by atoms with van der Waals surface area (Å²) in [6, 6.07) is 10.3. The molecule has 0 amide bonds. The minimum Gasteiger partial charge on any atom is -0.302 e. The highest BCUT2D eigenvalue weighted by Crippen LogP contribution is 2.00. The van der Waals surface area contributed by atoms with Crippen molar-refractivity contribution in [2.24, 2.45) is 0 Å². The van der Waals surface area contributed by atoms with Crippen LogP contribution in [0.3, 0.4) is 0 Å². The Kier molecular flexibility index (Phi) is 5.35. The number of halogens is 1. The monoisotopic (exact) mass is 209 g/mol. The molecule has 1 aromatic rings. The first-order valence-electron chi connectivity index (χ1n) is 4.79. The number of hydrogen-bond acceptors (Lipinski definition) is 1. The fraction of sp³-hybridized carbons (Fsp3) is 0.333. The van der Waals surface area contributed by atoms with Crippen LogP contribution in [0.5, 0.6) is 0 Å². The van der Waals surface area contributed by atoms with Gasteiger partial charge in [-0.15, -0.1) is 11.6 Å². The van der Waals surface area contributed by atoms with Crippen molar-refractivity contribution in [2.45, 2.75) is 0 Å². The maximum atomic E-state index is 5.63. The second kappa shape index (κ2) is 6.63. The SMILES string of the molecule is CN(C/C=C/c1ccccc1)CCCl. The minimum absolute atomic E-state index is 0.690. The quantitative estimate of drug-likeness (QED) is 0.675. The zero-order chi connectivity index (χ0) is 10.2.